The molecule has 2 aromatic heterocycles. The molecule has 0 aliphatic carbocycles. The lowest BCUT2D eigenvalue weighted by Crippen LogP contribution is -2.22. The molecule has 0 N–H and O–H groups in total. The van der Waals surface area contributed by atoms with Crippen molar-refractivity contribution >= 4 is 46.3 Å². The third-order valence-corrected chi connectivity index (χ3v) is 5.75. The number of aromatic nitrogens is 2. The van der Waals surface area contributed by atoms with Crippen molar-refractivity contribution in [2.45, 2.75) is 0 Å². The van der Waals surface area contributed by atoms with Crippen LogP contribution in [0.3, 0.4) is 0 Å². The quantitative estimate of drug-likeness (QED) is 0.274. The van der Waals surface area contributed by atoms with Crippen molar-refractivity contribution in [1.82, 2.24) is 9.55 Å². The van der Waals surface area contributed by atoms with Gasteiger partial charge < -0.3 is 4.42 Å². The molecule has 3 aromatic carbocycles. The first kappa shape index (κ1) is 21.2. The van der Waals surface area contributed by atoms with Gasteiger partial charge in [0.25, 0.3) is 5.56 Å². The first-order valence-corrected chi connectivity index (χ1v) is 10.8. The minimum Gasteiger partial charge on any atom is -0.457 e. The minimum atomic E-state index is -0.568. The Morgan fingerprint density at radius 2 is 1.67 bits per heavy atom. The van der Waals surface area contributed by atoms with Crippen molar-refractivity contribution in [3.8, 4) is 17.0 Å². The largest absolute Gasteiger partial charge is 0.457 e. The highest BCUT2D eigenvalue weighted by Crippen LogP contribution is 2.29. The van der Waals surface area contributed by atoms with Gasteiger partial charge in [-0.2, -0.15) is 0 Å². The van der Waals surface area contributed by atoms with Crippen LogP contribution in [0.2, 0.25) is 10.0 Å². The van der Waals surface area contributed by atoms with Crippen molar-refractivity contribution in [2.75, 3.05) is 0 Å². The summed E-state index contributed by atoms with van der Waals surface area (Å²) in [5, 5.41) is 0.938. The number of hydrogen-bond acceptors (Lipinski definition) is 3. The summed E-state index contributed by atoms with van der Waals surface area (Å²) >= 11 is 12.2. The van der Waals surface area contributed by atoms with Crippen LogP contribution in [-0.4, -0.2) is 9.55 Å². The Balaban J connectivity index is 1.62. The highest BCUT2D eigenvalue weighted by atomic mass is 35.5. The number of halogens is 3. The molecule has 0 spiro atoms. The van der Waals surface area contributed by atoms with Crippen molar-refractivity contribution < 1.29 is 8.81 Å². The molecule has 7 heteroatoms. The molecule has 0 fully saturated rings. The normalized spacial score (nSPS) is 11.5. The van der Waals surface area contributed by atoms with Gasteiger partial charge in [0.2, 0.25) is 0 Å². The maximum Gasteiger partial charge on any atom is 0.266 e. The van der Waals surface area contributed by atoms with Crippen LogP contribution in [0, 0.1) is 5.82 Å². The van der Waals surface area contributed by atoms with Gasteiger partial charge in [-0.05, 0) is 66.7 Å². The zero-order valence-corrected chi connectivity index (χ0v) is 18.5. The van der Waals surface area contributed by atoms with E-state index in [2.05, 4.69) is 4.98 Å². The molecule has 5 aromatic rings. The third kappa shape index (κ3) is 4.09. The lowest BCUT2D eigenvalue weighted by molar-refractivity contribution is 0.572. The number of para-hydroxylation sites is 1. The molecule has 0 radical (unpaired) electrons. The summed E-state index contributed by atoms with van der Waals surface area (Å²) < 4.78 is 21.0. The van der Waals surface area contributed by atoms with E-state index in [9.17, 15) is 9.18 Å². The molecular formula is C26H15Cl2FN2O2. The highest BCUT2D eigenvalue weighted by Gasteiger charge is 2.13. The van der Waals surface area contributed by atoms with Crippen LogP contribution in [0.25, 0.3) is 40.1 Å². The smallest absolute Gasteiger partial charge is 0.266 e. The van der Waals surface area contributed by atoms with E-state index in [0.29, 0.717) is 39.0 Å². The van der Waals surface area contributed by atoms with Crippen LogP contribution in [0.1, 0.15) is 11.6 Å². The highest BCUT2D eigenvalue weighted by molar-refractivity contribution is 6.33. The van der Waals surface area contributed by atoms with Gasteiger partial charge in [0.05, 0.1) is 26.6 Å². The molecular weight excluding hydrogens is 462 g/mol. The molecule has 0 aliphatic heterocycles. The summed E-state index contributed by atoms with van der Waals surface area (Å²) in [7, 11) is 0. The van der Waals surface area contributed by atoms with E-state index < -0.39 is 5.82 Å². The van der Waals surface area contributed by atoms with E-state index >= 15 is 0 Å². The molecule has 0 saturated carbocycles. The van der Waals surface area contributed by atoms with Crippen molar-refractivity contribution in [3.05, 3.63) is 117 Å². The Bertz CT molecular complexity index is 1590. The summed E-state index contributed by atoms with van der Waals surface area (Å²) in [5.74, 6) is 0.949. The predicted octanol–water partition coefficient (Wildman–Crippen LogP) is 7.26. The molecule has 5 rings (SSSR count). The van der Waals surface area contributed by atoms with E-state index in [-0.39, 0.29) is 10.6 Å². The van der Waals surface area contributed by atoms with Crippen molar-refractivity contribution in [1.29, 1.82) is 0 Å². The summed E-state index contributed by atoms with van der Waals surface area (Å²) in [6, 6.07) is 22.1. The topological polar surface area (TPSA) is 48.0 Å². The Morgan fingerprint density at radius 3 is 2.48 bits per heavy atom. The number of hydrogen-bond donors (Lipinski definition) is 0. The van der Waals surface area contributed by atoms with E-state index in [1.54, 1.807) is 42.5 Å². The zero-order chi connectivity index (χ0) is 22.9. The van der Waals surface area contributed by atoms with Crippen LogP contribution in [0.4, 0.5) is 4.39 Å². The molecule has 0 atom stereocenters. The van der Waals surface area contributed by atoms with Gasteiger partial charge in [0.15, 0.2) is 0 Å². The van der Waals surface area contributed by atoms with Gasteiger partial charge in [-0.25, -0.2) is 9.37 Å². The lowest BCUT2D eigenvalue weighted by Gasteiger charge is -2.12. The molecule has 0 aliphatic rings. The van der Waals surface area contributed by atoms with Gasteiger partial charge in [0, 0.05) is 5.56 Å². The number of fused-ring (bicyclic) bond motifs is 1. The van der Waals surface area contributed by atoms with Gasteiger partial charge >= 0.3 is 0 Å². The maximum absolute atomic E-state index is 13.7. The van der Waals surface area contributed by atoms with Gasteiger partial charge in [-0.1, -0.05) is 47.5 Å². The summed E-state index contributed by atoms with van der Waals surface area (Å²) in [6.07, 6.45) is 3.37. The molecule has 2 heterocycles. The monoisotopic (exact) mass is 476 g/mol. The fourth-order valence-electron chi connectivity index (χ4n) is 3.54. The van der Waals surface area contributed by atoms with Gasteiger partial charge in [-0.15, -0.1) is 0 Å². The molecule has 0 unspecified atom stereocenters. The molecule has 0 bridgehead atoms. The number of furan rings is 1. The molecule has 0 saturated heterocycles. The second-order valence-electron chi connectivity index (χ2n) is 7.24. The second-order valence-corrected chi connectivity index (χ2v) is 8.06. The average Bonchev–Trinajstić information content (AvgIpc) is 3.29. The lowest BCUT2D eigenvalue weighted by atomic mass is 10.2. The van der Waals surface area contributed by atoms with E-state index in [1.165, 1.54) is 22.8 Å². The minimum absolute atomic E-state index is 0.0853. The Hall–Kier alpha value is -3.67. The summed E-state index contributed by atoms with van der Waals surface area (Å²) in [6.45, 7) is 0. The van der Waals surface area contributed by atoms with Gasteiger partial charge in [0.1, 0.15) is 23.2 Å². The fourth-order valence-corrected chi connectivity index (χ4v) is 3.94. The van der Waals surface area contributed by atoms with Gasteiger partial charge in [-0.3, -0.25) is 9.36 Å². The summed E-state index contributed by atoms with van der Waals surface area (Å²) in [5.41, 5.74) is 1.43. The fraction of sp³-hybridized carbons (Fsp3) is 0. The van der Waals surface area contributed by atoms with E-state index in [1.807, 2.05) is 30.3 Å². The Labute approximate surface area is 198 Å². The Kier molecular flexibility index (Phi) is 5.58. The average molecular weight is 477 g/mol. The molecule has 162 valence electrons. The maximum atomic E-state index is 13.7. The van der Waals surface area contributed by atoms with Crippen LogP contribution in [-0.2, 0) is 0 Å². The van der Waals surface area contributed by atoms with Crippen molar-refractivity contribution in [3.63, 3.8) is 0 Å². The Morgan fingerprint density at radius 1 is 0.879 bits per heavy atom. The number of nitrogens with zero attached hydrogens (tertiary/aromatic N) is 2. The van der Waals surface area contributed by atoms with Crippen LogP contribution in [0.15, 0.2) is 88.1 Å². The summed E-state index contributed by atoms with van der Waals surface area (Å²) in [4.78, 5) is 17.9. The molecule has 0 amide bonds. The number of rotatable bonds is 4. The first-order chi connectivity index (χ1) is 16.0. The molecule has 4 nitrogen and oxygen atoms in total. The van der Waals surface area contributed by atoms with E-state index in [4.69, 9.17) is 27.6 Å². The van der Waals surface area contributed by atoms with E-state index in [0.717, 1.165) is 5.56 Å². The third-order valence-electron chi connectivity index (χ3n) is 5.13. The zero-order valence-electron chi connectivity index (χ0n) is 17.0. The standard InChI is InChI=1S/C26H15Cl2FN2O2/c27-20-7-3-1-5-18(20)24-13-10-17(33-24)11-14-25-30-23-8-4-2-6-19(23)26(32)31(25)16-9-12-22(29)21(28)15-16/h1-15H. The van der Waals surface area contributed by atoms with Crippen LogP contribution < -0.4 is 5.56 Å². The SMILES string of the molecule is O=c1c2ccccc2nc(C=Cc2ccc(-c3ccccc3Cl)o2)n1-c1ccc(F)c(Cl)c1. The van der Waals surface area contributed by atoms with Crippen molar-refractivity contribution in [2.24, 2.45) is 0 Å². The second kappa shape index (κ2) is 8.70. The molecule has 33 heavy (non-hydrogen) atoms. The van der Waals surface area contributed by atoms with Crippen LogP contribution >= 0.6 is 23.2 Å². The predicted molar refractivity (Wildman–Crippen MR) is 130 cm³/mol. The first-order valence-electron chi connectivity index (χ1n) is 10.0. The number of benzene rings is 3. The van der Waals surface area contributed by atoms with Crippen LogP contribution in [0.5, 0.6) is 0 Å².